The summed E-state index contributed by atoms with van der Waals surface area (Å²) < 4.78 is 10.4. The van der Waals surface area contributed by atoms with Crippen LogP contribution >= 0.6 is 0 Å². The fourth-order valence-electron chi connectivity index (χ4n) is 3.56. The molecule has 0 bridgehead atoms. The molecule has 3 rings (SSSR count). The third kappa shape index (κ3) is 5.28. The van der Waals surface area contributed by atoms with Crippen molar-refractivity contribution >= 4 is 5.97 Å². The number of ether oxygens (including phenoxy) is 2. The van der Waals surface area contributed by atoms with Crippen LogP contribution in [0.2, 0.25) is 0 Å². The third-order valence-electron chi connectivity index (χ3n) is 4.83. The third-order valence-corrected chi connectivity index (χ3v) is 4.83. The van der Waals surface area contributed by atoms with Crippen molar-refractivity contribution in [2.75, 3.05) is 33.4 Å². The number of nitrogens with zero attached hydrogens (tertiary/aromatic N) is 2. The number of carbonyl (C=O) groups excluding carboxylic acids is 1. The first-order valence-corrected chi connectivity index (χ1v) is 9.25. The van der Waals surface area contributed by atoms with Crippen LogP contribution in [0.5, 0.6) is 5.75 Å². The second kappa shape index (κ2) is 9.48. The number of rotatable bonds is 8. The van der Waals surface area contributed by atoms with Gasteiger partial charge >= 0.3 is 5.97 Å². The summed E-state index contributed by atoms with van der Waals surface area (Å²) in [6.07, 6.45) is 5.38. The lowest BCUT2D eigenvalue weighted by Gasteiger charge is -2.18. The molecular weight excluding hydrogens is 344 g/mol. The Balaban J connectivity index is 1.57. The van der Waals surface area contributed by atoms with E-state index < -0.39 is 0 Å². The minimum atomic E-state index is -0.350. The van der Waals surface area contributed by atoms with E-state index in [1.807, 2.05) is 30.5 Å². The molecule has 1 N–H and O–H groups in total. The van der Waals surface area contributed by atoms with Crippen LogP contribution in [0.4, 0.5) is 0 Å². The van der Waals surface area contributed by atoms with E-state index in [-0.39, 0.29) is 12.6 Å². The summed E-state index contributed by atoms with van der Waals surface area (Å²) in [5.74, 6) is 1.02. The molecule has 0 spiro atoms. The number of aromatic nitrogens is 1. The van der Waals surface area contributed by atoms with E-state index in [9.17, 15) is 4.79 Å². The molecule has 27 heavy (non-hydrogen) atoms. The van der Waals surface area contributed by atoms with Gasteiger partial charge in [-0.25, -0.2) is 4.79 Å². The first kappa shape index (κ1) is 19.3. The van der Waals surface area contributed by atoms with E-state index in [0.717, 1.165) is 49.4 Å². The number of methoxy groups -OCH3 is 1. The minimum Gasteiger partial charge on any atom is -0.491 e. The maximum Gasteiger partial charge on any atom is 0.339 e. The molecule has 144 valence electrons. The quantitative estimate of drug-likeness (QED) is 0.719. The lowest BCUT2D eigenvalue weighted by atomic mass is 9.99. The molecule has 1 fully saturated rings. The summed E-state index contributed by atoms with van der Waals surface area (Å²) in [5.41, 5.74) is 2.71. The van der Waals surface area contributed by atoms with Crippen LogP contribution in [-0.2, 0) is 17.7 Å². The monoisotopic (exact) mass is 370 g/mol. The lowest BCUT2D eigenvalue weighted by Crippen LogP contribution is -2.21. The summed E-state index contributed by atoms with van der Waals surface area (Å²) in [5, 5.41) is 8.98. The van der Waals surface area contributed by atoms with Gasteiger partial charge < -0.3 is 14.6 Å². The molecule has 2 aromatic rings. The van der Waals surface area contributed by atoms with Gasteiger partial charge in [-0.2, -0.15) is 0 Å². The molecule has 0 saturated carbocycles. The first-order chi connectivity index (χ1) is 13.2. The molecule has 0 amide bonds. The Hall–Kier alpha value is -2.44. The van der Waals surface area contributed by atoms with Gasteiger partial charge in [-0.3, -0.25) is 9.88 Å². The predicted molar refractivity (Wildman–Crippen MR) is 102 cm³/mol. The van der Waals surface area contributed by atoms with E-state index in [0.29, 0.717) is 18.1 Å². The Morgan fingerprint density at radius 2 is 2.19 bits per heavy atom. The van der Waals surface area contributed by atoms with Crippen molar-refractivity contribution < 1.29 is 19.4 Å². The fraction of sp³-hybridized carbons (Fsp3) is 0.429. The highest BCUT2D eigenvalue weighted by molar-refractivity contribution is 5.89. The van der Waals surface area contributed by atoms with E-state index in [2.05, 4.69) is 16.0 Å². The highest BCUT2D eigenvalue weighted by Crippen LogP contribution is 2.26. The Kier molecular flexibility index (Phi) is 6.79. The molecule has 1 aromatic heterocycles. The summed E-state index contributed by atoms with van der Waals surface area (Å²) in [4.78, 5) is 18.3. The highest BCUT2D eigenvalue weighted by atomic mass is 16.5. The average Bonchev–Trinajstić information content (AvgIpc) is 3.13. The van der Waals surface area contributed by atoms with Crippen LogP contribution in [0.1, 0.15) is 27.9 Å². The molecule has 0 radical (unpaired) electrons. The summed E-state index contributed by atoms with van der Waals surface area (Å²) in [6.45, 7) is 3.18. The molecule has 1 aromatic carbocycles. The van der Waals surface area contributed by atoms with E-state index in [4.69, 9.17) is 14.6 Å². The normalized spacial score (nSPS) is 17.0. The fourth-order valence-corrected chi connectivity index (χ4v) is 3.56. The molecule has 1 unspecified atom stereocenters. The number of benzene rings is 1. The molecule has 1 saturated heterocycles. The van der Waals surface area contributed by atoms with Gasteiger partial charge in [0.1, 0.15) is 12.4 Å². The number of likely N-dealkylation sites (tertiary alicyclic amines) is 1. The Morgan fingerprint density at radius 1 is 1.33 bits per heavy atom. The highest BCUT2D eigenvalue weighted by Gasteiger charge is 2.24. The topological polar surface area (TPSA) is 71.9 Å². The van der Waals surface area contributed by atoms with Crippen molar-refractivity contribution in [3.63, 3.8) is 0 Å². The van der Waals surface area contributed by atoms with E-state index in [1.54, 1.807) is 6.20 Å². The van der Waals surface area contributed by atoms with E-state index in [1.165, 1.54) is 7.11 Å². The van der Waals surface area contributed by atoms with Gasteiger partial charge in [-0.15, -0.1) is 0 Å². The SMILES string of the molecule is COC(=O)c1cncc(CC2CCN(Cc3ccccc3OCCO)C2)c1. The van der Waals surface area contributed by atoms with Crippen molar-refractivity contribution in [2.24, 2.45) is 5.92 Å². The summed E-state index contributed by atoms with van der Waals surface area (Å²) in [7, 11) is 1.38. The zero-order valence-electron chi connectivity index (χ0n) is 15.6. The van der Waals surface area contributed by atoms with Gasteiger partial charge in [0, 0.05) is 31.0 Å². The number of aliphatic hydroxyl groups is 1. The number of hydrogen-bond acceptors (Lipinski definition) is 6. The summed E-state index contributed by atoms with van der Waals surface area (Å²) >= 11 is 0. The Morgan fingerprint density at radius 3 is 3.00 bits per heavy atom. The maximum absolute atomic E-state index is 11.7. The second-order valence-electron chi connectivity index (χ2n) is 6.85. The van der Waals surface area contributed by atoms with E-state index >= 15 is 0 Å². The predicted octanol–water partition coefficient (Wildman–Crippen LogP) is 2.30. The molecule has 1 atom stereocenters. The molecule has 6 heteroatoms. The van der Waals surface area contributed by atoms with Crippen molar-refractivity contribution in [2.45, 2.75) is 19.4 Å². The smallest absolute Gasteiger partial charge is 0.339 e. The van der Waals surface area contributed by atoms with Crippen molar-refractivity contribution in [1.29, 1.82) is 0 Å². The zero-order chi connectivity index (χ0) is 19.1. The molecule has 1 aliphatic heterocycles. The number of esters is 1. The number of para-hydroxylation sites is 1. The summed E-state index contributed by atoms with van der Waals surface area (Å²) in [6, 6.07) is 9.86. The average molecular weight is 370 g/mol. The molecule has 2 heterocycles. The molecule has 6 nitrogen and oxygen atoms in total. The van der Waals surface area contributed by atoms with Crippen LogP contribution in [0.25, 0.3) is 0 Å². The minimum absolute atomic E-state index is 0.0127. The van der Waals surface area contributed by atoms with Gasteiger partial charge in [0.25, 0.3) is 0 Å². The van der Waals surface area contributed by atoms with Crippen LogP contribution in [0.15, 0.2) is 42.7 Å². The Bertz CT molecular complexity index is 765. The van der Waals surface area contributed by atoms with Crippen LogP contribution in [-0.4, -0.2) is 54.4 Å². The number of aliphatic hydroxyl groups excluding tert-OH is 1. The van der Waals surface area contributed by atoms with Gasteiger partial charge in [0.15, 0.2) is 0 Å². The molecule has 1 aliphatic rings. The van der Waals surface area contributed by atoms with Gasteiger partial charge in [0.05, 0.1) is 19.3 Å². The maximum atomic E-state index is 11.7. The zero-order valence-corrected chi connectivity index (χ0v) is 15.6. The number of hydrogen-bond donors (Lipinski definition) is 1. The van der Waals surface area contributed by atoms with Crippen LogP contribution < -0.4 is 4.74 Å². The van der Waals surface area contributed by atoms with Gasteiger partial charge in [-0.05, 0) is 43.0 Å². The Labute approximate surface area is 159 Å². The largest absolute Gasteiger partial charge is 0.491 e. The van der Waals surface area contributed by atoms with Crippen molar-refractivity contribution in [1.82, 2.24) is 9.88 Å². The first-order valence-electron chi connectivity index (χ1n) is 9.25. The molecule has 0 aliphatic carbocycles. The van der Waals surface area contributed by atoms with Crippen LogP contribution in [0, 0.1) is 5.92 Å². The van der Waals surface area contributed by atoms with Crippen molar-refractivity contribution in [3.05, 3.63) is 59.4 Å². The van der Waals surface area contributed by atoms with Crippen molar-refractivity contribution in [3.8, 4) is 5.75 Å². The number of carbonyl (C=O) groups is 1. The lowest BCUT2D eigenvalue weighted by molar-refractivity contribution is 0.0600. The second-order valence-corrected chi connectivity index (χ2v) is 6.85. The van der Waals surface area contributed by atoms with Gasteiger partial charge in [0.2, 0.25) is 0 Å². The van der Waals surface area contributed by atoms with Gasteiger partial charge in [-0.1, -0.05) is 18.2 Å². The van der Waals surface area contributed by atoms with Crippen LogP contribution in [0.3, 0.4) is 0 Å². The molecular formula is C21H26N2O4. The number of pyridine rings is 1. The standard InChI is InChI=1S/C21H26N2O4/c1-26-21(25)19-11-17(12-22-13-19)10-16-6-7-23(14-16)15-18-4-2-3-5-20(18)27-9-8-24/h2-5,11-13,16,24H,6-10,14-15H2,1H3.